The first-order valence-corrected chi connectivity index (χ1v) is 9.36. The summed E-state index contributed by atoms with van der Waals surface area (Å²) in [5.41, 5.74) is 2.15. The second-order valence-electron chi connectivity index (χ2n) is 7.08. The second kappa shape index (κ2) is 7.31. The molecule has 140 valence electrons. The van der Waals surface area contributed by atoms with E-state index in [1.165, 1.54) is 0 Å². The highest BCUT2D eigenvalue weighted by atomic mass is 16.3. The predicted octanol–water partition coefficient (Wildman–Crippen LogP) is 4.58. The molecular weight excluding hydrogens is 342 g/mol. The van der Waals surface area contributed by atoms with Crippen LogP contribution in [0.3, 0.4) is 0 Å². The molecule has 1 atom stereocenters. The molecule has 4 rings (SSSR count). The number of pyridine rings is 1. The molecule has 0 aliphatic carbocycles. The van der Waals surface area contributed by atoms with Crippen LogP contribution < -0.4 is 10.9 Å². The van der Waals surface area contributed by atoms with Gasteiger partial charge in [0.05, 0.1) is 17.8 Å². The number of aromatic amines is 1. The Morgan fingerprint density at radius 3 is 2.93 bits per heavy atom. The number of anilines is 1. The van der Waals surface area contributed by atoms with E-state index in [1.54, 1.807) is 18.4 Å². The standard InChI is InChI=1S/C21H23N3O3/c1-14-12-20(25)23-17-13-15(8-9-16(14)17)22-21(26)24-10-4-2-3-6-18(24)19-7-5-11-27-19/h5,7-9,11-13,18H,2-4,6,10H2,1H3,(H,22,26)(H,23,25). The number of rotatable bonds is 2. The maximum Gasteiger partial charge on any atom is 0.322 e. The first kappa shape index (κ1) is 17.4. The molecule has 6 heteroatoms. The summed E-state index contributed by atoms with van der Waals surface area (Å²) in [6.07, 6.45) is 5.71. The number of furan rings is 1. The minimum Gasteiger partial charge on any atom is -0.467 e. The Bertz CT molecular complexity index is 1010. The number of hydrogen-bond donors (Lipinski definition) is 2. The number of nitrogens with zero attached hydrogens (tertiary/aromatic N) is 1. The third-order valence-electron chi connectivity index (χ3n) is 5.19. The number of urea groups is 1. The van der Waals surface area contributed by atoms with Gasteiger partial charge in [0.2, 0.25) is 5.56 Å². The third kappa shape index (κ3) is 3.60. The van der Waals surface area contributed by atoms with Gasteiger partial charge in [-0.3, -0.25) is 4.79 Å². The molecule has 0 saturated carbocycles. The van der Waals surface area contributed by atoms with Gasteiger partial charge in [-0.15, -0.1) is 0 Å². The van der Waals surface area contributed by atoms with Gasteiger partial charge in [-0.1, -0.05) is 18.9 Å². The van der Waals surface area contributed by atoms with Crippen LogP contribution in [0.25, 0.3) is 10.9 Å². The highest BCUT2D eigenvalue weighted by Gasteiger charge is 2.28. The fourth-order valence-electron chi connectivity index (χ4n) is 3.84. The van der Waals surface area contributed by atoms with Crippen molar-refractivity contribution < 1.29 is 9.21 Å². The van der Waals surface area contributed by atoms with Crippen LogP contribution in [0.4, 0.5) is 10.5 Å². The molecule has 0 radical (unpaired) electrons. The largest absolute Gasteiger partial charge is 0.467 e. The van der Waals surface area contributed by atoms with E-state index < -0.39 is 0 Å². The molecule has 27 heavy (non-hydrogen) atoms. The molecule has 0 spiro atoms. The van der Waals surface area contributed by atoms with Crippen LogP contribution in [0.2, 0.25) is 0 Å². The van der Waals surface area contributed by atoms with E-state index in [2.05, 4.69) is 10.3 Å². The topological polar surface area (TPSA) is 78.3 Å². The first-order chi connectivity index (χ1) is 13.1. The van der Waals surface area contributed by atoms with E-state index in [-0.39, 0.29) is 17.6 Å². The van der Waals surface area contributed by atoms with Gasteiger partial charge in [0.25, 0.3) is 0 Å². The summed E-state index contributed by atoms with van der Waals surface area (Å²) < 4.78 is 5.58. The second-order valence-corrected chi connectivity index (χ2v) is 7.08. The van der Waals surface area contributed by atoms with E-state index in [0.717, 1.165) is 47.9 Å². The van der Waals surface area contributed by atoms with Gasteiger partial charge in [-0.25, -0.2) is 4.79 Å². The predicted molar refractivity (Wildman–Crippen MR) is 105 cm³/mol. The Morgan fingerprint density at radius 2 is 2.11 bits per heavy atom. The summed E-state index contributed by atoms with van der Waals surface area (Å²) in [4.78, 5) is 29.4. The van der Waals surface area contributed by atoms with Crippen molar-refractivity contribution in [2.75, 3.05) is 11.9 Å². The van der Waals surface area contributed by atoms with Crippen molar-refractivity contribution in [2.45, 2.75) is 38.6 Å². The van der Waals surface area contributed by atoms with Gasteiger partial charge >= 0.3 is 6.03 Å². The zero-order valence-corrected chi connectivity index (χ0v) is 15.3. The lowest BCUT2D eigenvalue weighted by Crippen LogP contribution is -2.37. The Kier molecular flexibility index (Phi) is 4.71. The molecular formula is C21H23N3O3. The quantitative estimate of drug-likeness (QED) is 0.698. The molecule has 2 N–H and O–H groups in total. The van der Waals surface area contributed by atoms with Crippen LogP contribution >= 0.6 is 0 Å². The van der Waals surface area contributed by atoms with Crippen molar-refractivity contribution in [1.29, 1.82) is 0 Å². The average molecular weight is 365 g/mol. The molecule has 1 aliphatic rings. The Hall–Kier alpha value is -3.02. The molecule has 1 fully saturated rings. The lowest BCUT2D eigenvalue weighted by atomic mass is 10.1. The van der Waals surface area contributed by atoms with E-state index in [1.807, 2.05) is 36.1 Å². The fraction of sp³-hybridized carbons (Fsp3) is 0.333. The first-order valence-electron chi connectivity index (χ1n) is 9.36. The number of benzene rings is 1. The summed E-state index contributed by atoms with van der Waals surface area (Å²) in [6.45, 7) is 2.60. The van der Waals surface area contributed by atoms with Crippen LogP contribution in [0.5, 0.6) is 0 Å². The van der Waals surface area contributed by atoms with E-state index in [4.69, 9.17) is 4.42 Å². The van der Waals surface area contributed by atoms with E-state index in [9.17, 15) is 9.59 Å². The van der Waals surface area contributed by atoms with Crippen LogP contribution in [0.15, 0.2) is 51.9 Å². The molecule has 0 bridgehead atoms. The average Bonchev–Trinajstić information content (AvgIpc) is 3.05. The van der Waals surface area contributed by atoms with Crippen molar-refractivity contribution in [3.63, 3.8) is 0 Å². The number of fused-ring (bicyclic) bond motifs is 1. The maximum atomic E-state index is 13.0. The highest BCUT2D eigenvalue weighted by molar-refractivity contribution is 5.93. The molecule has 2 aromatic heterocycles. The van der Waals surface area contributed by atoms with Crippen molar-refractivity contribution >= 4 is 22.6 Å². The Morgan fingerprint density at radius 1 is 1.22 bits per heavy atom. The summed E-state index contributed by atoms with van der Waals surface area (Å²) in [5.74, 6) is 0.825. The number of nitrogens with one attached hydrogen (secondary N) is 2. The number of H-pyrrole nitrogens is 1. The van der Waals surface area contributed by atoms with E-state index in [0.29, 0.717) is 12.2 Å². The minimum absolute atomic E-state index is 0.0509. The van der Waals surface area contributed by atoms with Crippen LogP contribution in [-0.4, -0.2) is 22.5 Å². The highest BCUT2D eigenvalue weighted by Crippen LogP contribution is 2.31. The molecule has 2 amide bonds. The molecule has 1 saturated heterocycles. The molecule has 3 aromatic rings. The third-order valence-corrected chi connectivity index (χ3v) is 5.19. The van der Waals surface area contributed by atoms with Crippen molar-refractivity contribution in [3.8, 4) is 0 Å². The molecule has 1 aliphatic heterocycles. The normalized spacial score (nSPS) is 17.7. The number of aromatic nitrogens is 1. The summed E-state index contributed by atoms with van der Waals surface area (Å²) in [7, 11) is 0. The summed E-state index contributed by atoms with van der Waals surface area (Å²) in [5, 5.41) is 3.95. The molecule has 6 nitrogen and oxygen atoms in total. The van der Waals surface area contributed by atoms with Gasteiger partial charge in [-0.05, 0) is 49.6 Å². The number of carbonyl (C=O) groups excluding carboxylic acids is 1. The maximum absolute atomic E-state index is 13.0. The van der Waals surface area contributed by atoms with Crippen LogP contribution in [0, 0.1) is 6.92 Å². The van der Waals surface area contributed by atoms with Gasteiger partial charge in [-0.2, -0.15) is 0 Å². The Balaban J connectivity index is 1.60. The number of aryl methyl sites for hydroxylation is 1. The summed E-state index contributed by atoms with van der Waals surface area (Å²) >= 11 is 0. The summed E-state index contributed by atoms with van der Waals surface area (Å²) in [6, 6.07) is 10.8. The van der Waals surface area contributed by atoms with Gasteiger partial charge in [0.1, 0.15) is 5.76 Å². The minimum atomic E-state index is -0.146. The lowest BCUT2D eigenvalue weighted by Gasteiger charge is -2.28. The molecule has 1 aromatic carbocycles. The zero-order valence-electron chi connectivity index (χ0n) is 15.3. The van der Waals surface area contributed by atoms with Crippen molar-refractivity contribution in [2.24, 2.45) is 0 Å². The lowest BCUT2D eigenvalue weighted by molar-refractivity contribution is 0.179. The van der Waals surface area contributed by atoms with Gasteiger partial charge in [0.15, 0.2) is 0 Å². The zero-order chi connectivity index (χ0) is 18.8. The van der Waals surface area contributed by atoms with Gasteiger partial charge in [0, 0.05) is 23.7 Å². The van der Waals surface area contributed by atoms with Gasteiger partial charge < -0.3 is 19.6 Å². The Labute approximate surface area is 157 Å². The molecule has 1 unspecified atom stereocenters. The SMILES string of the molecule is Cc1cc(=O)[nH]c2cc(NC(=O)N3CCCCCC3c3ccco3)ccc12. The molecule has 3 heterocycles. The smallest absolute Gasteiger partial charge is 0.322 e. The number of hydrogen-bond acceptors (Lipinski definition) is 3. The monoisotopic (exact) mass is 365 g/mol. The number of likely N-dealkylation sites (tertiary alicyclic amines) is 1. The fourth-order valence-corrected chi connectivity index (χ4v) is 3.84. The number of amides is 2. The van der Waals surface area contributed by atoms with E-state index >= 15 is 0 Å². The van der Waals surface area contributed by atoms with Crippen LogP contribution in [0.1, 0.15) is 43.0 Å². The van der Waals surface area contributed by atoms with Crippen molar-refractivity contribution in [3.05, 3.63) is 64.3 Å². The van der Waals surface area contributed by atoms with Crippen molar-refractivity contribution in [1.82, 2.24) is 9.88 Å². The number of carbonyl (C=O) groups is 1. The van der Waals surface area contributed by atoms with Crippen LogP contribution in [-0.2, 0) is 0 Å².